The first-order valence-corrected chi connectivity index (χ1v) is 7.87. The minimum Gasteiger partial charge on any atom is -0.397 e. The van der Waals surface area contributed by atoms with E-state index in [-0.39, 0.29) is 10.6 Å². The van der Waals surface area contributed by atoms with Gasteiger partial charge in [0.15, 0.2) is 0 Å². The number of hydrogen-bond acceptors (Lipinski definition) is 3. The van der Waals surface area contributed by atoms with Gasteiger partial charge in [0.1, 0.15) is 0 Å². The van der Waals surface area contributed by atoms with E-state index in [4.69, 9.17) is 28.9 Å². The molecular weight excluding hydrogens is 319 g/mol. The molecule has 0 aliphatic rings. The van der Waals surface area contributed by atoms with Crippen LogP contribution in [0.4, 0.5) is 11.4 Å². The van der Waals surface area contributed by atoms with Gasteiger partial charge in [-0.3, -0.25) is 4.72 Å². The van der Waals surface area contributed by atoms with Crippen LogP contribution in [0.25, 0.3) is 0 Å². The van der Waals surface area contributed by atoms with E-state index in [1.807, 2.05) is 6.92 Å². The van der Waals surface area contributed by atoms with Crippen molar-refractivity contribution >= 4 is 44.6 Å². The number of rotatable bonds is 3. The number of hydrogen-bond donors (Lipinski definition) is 2. The molecule has 3 N–H and O–H groups in total. The fraction of sp³-hybridized carbons (Fsp3) is 0.0769. The average molecular weight is 331 g/mol. The predicted octanol–water partition coefficient (Wildman–Crippen LogP) is 3.68. The van der Waals surface area contributed by atoms with Crippen molar-refractivity contribution in [1.82, 2.24) is 0 Å². The van der Waals surface area contributed by atoms with E-state index in [0.717, 1.165) is 5.56 Å². The van der Waals surface area contributed by atoms with E-state index < -0.39 is 10.0 Å². The van der Waals surface area contributed by atoms with E-state index in [1.54, 1.807) is 18.2 Å². The zero-order valence-corrected chi connectivity index (χ0v) is 12.9. The Balaban J connectivity index is 2.40. The first kappa shape index (κ1) is 15.0. The van der Waals surface area contributed by atoms with Gasteiger partial charge in [-0.05, 0) is 42.8 Å². The van der Waals surface area contributed by atoms with Crippen LogP contribution in [0.1, 0.15) is 5.56 Å². The summed E-state index contributed by atoms with van der Waals surface area (Å²) in [5.74, 6) is 0. The smallest absolute Gasteiger partial charge is 0.262 e. The minimum atomic E-state index is -3.76. The number of nitrogens with one attached hydrogen (secondary N) is 1. The number of benzene rings is 2. The highest BCUT2D eigenvalue weighted by Gasteiger charge is 2.16. The van der Waals surface area contributed by atoms with Gasteiger partial charge in [-0.1, -0.05) is 29.3 Å². The maximum atomic E-state index is 12.3. The second kappa shape index (κ2) is 5.52. The van der Waals surface area contributed by atoms with Crippen molar-refractivity contribution in [1.29, 1.82) is 0 Å². The summed E-state index contributed by atoms with van der Waals surface area (Å²) in [6, 6.07) is 9.19. The topological polar surface area (TPSA) is 72.2 Å². The maximum absolute atomic E-state index is 12.3. The molecule has 0 spiro atoms. The molecule has 0 fully saturated rings. The minimum absolute atomic E-state index is 0.0250. The Morgan fingerprint density at radius 1 is 1.05 bits per heavy atom. The quantitative estimate of drug-likeness (QED) is 0.843. The van der Waals surface area contributed by atoms with Crippen LogP contribution < -0.4 is 10.5 Å². The molecule has 0 radical (unpaired) electrons. The van der Waals surface area contributed by atoms with E-state index >= 15 is 0 Å². The average Bonchev–Trinajstić information content (AvgIpc) is 2.36. The number of sulfonamides is 1. The highest BCUT2D eigenvalue weighted by molar-refractivity contribution is 7.92. The number of halogens is 2. The van der Waals surface area contributed by atoms with E-state index in [2.05, 4.69) is 4.72 Å². The van der Waals surface area contributed by atoms with Gasteiger partial charge in [0.05, 0.1) is 26.3 Å². The number of anilines is 2. The molecule has 2 aromatic carbocycles. The number of nitrogens with two attached hydrogens (primary N) is 1. The highest BCUT2D eigenvalue weighted by atomic mass is 35.5. The van der Waals surface area contributed by atoms with E-state index in [1.165, 1.54) is 18.2 Å². The fourth-order valence-electron chi connectivity index (χ4n) is 1.61. The normalized spacial score (nSPS) is 11.3. The van der Waals surface area contributed by atoms with Crippen molar-refractivity contribution in [2.45, 2.75) is 11.8 Å². The molecule has 0 aromatic heterocycles. The number of nitrogen functional groups attached to an aromatic ring is 1. The van der Waals surface area contributed by atoms with Crippen molar-refractivity contribution in [3.8, 4) is 0 Å². The van der Waals surface area contributed by atoms with Gasteiger partial charge < -0.3 is 5.73 Å². The third-order valence-electron chi connectivity index (χ3n) is 2.64. The van der Waals surface area contributed by atoms with Crippen LogP contribution in [0.5, 0.6) is 0 Å². The lowest BCUT2D eigenvalue weighted by molar-refractivity contribution is 0.601. The summed E-state index contributed by atoms with van der Waals surface area (Å²) in [5, 5.41) is 0.624. The van der Waals surface area contributed by atoms with Crippen LogP contribution in [0.3, 0.4) is 0 Å². The molecule has 7 heteroatoms. The molecule has 2 rings (SSSR count). The molecule has 0 saturated carbocycles. The molecule has 0 atom stereocenters. The van der Waals surface area contributed by atoms with Gasteiger partial charge >= 0.3 is 0 Å². The summed E-state index contributed by atoms with van der Waals surface area (Å²) in [6.07, 6.45) is 0. The van der Waals surface area contributed by atoms with Gasteiger partial charge in [0.2, 0.25) is 0 Å². The van der Waals surface area contributed by atoms with Crippen molar-refractivity contribution in [3.63, 3.8) is 0 Å². The summed E-state index contributed by atoms with van der Waals surface area (Å²) in [7, 11) is -3.76. The van der Waals surface area contributed by atoms with Gasteiger partial charge in [-0.25, -0.2) is 8.42 Å². The Morgan fingerprint density at radius 3 is 2.35 bits per heavy atom. The molecule has 2 aromatic rings. The van der Waals surface area contributed by atoms with Crippen LogP contribution in [0.2, 0.25) is 10.0 Å². The second-order valence-corrected chi connectivity index (χ2v) is 6.77. The third-order valence-corrected chi connectivity index (χ3v) is 4.68. The molecule has 20 heavy (non-hydrogen) atoms. The summed E-state index contributed by atoms with van der Waals surface area (Å²) in [4.78, 5) is 0.0250. The lowest BCUT2D eigenvalue weighted by Crippen LogP contribution is -2.13. The summed E-state index contributed by atoms with van der Waals surface area (Å²) in [5.41, 5.74) is 7.02. The monoisotopic (exact) mass is 330 g/mol. The van der Waals surface area contributed by atoms with Crippen LogP contribution in [-0.4, -0.2) is 8.42 Å². The fourth-order valence-corrected chi connectivity index (χ4v) is 3.05. The standard InChI is InChI=1S/C13H12Cl2N2O2S/c1-8-2-4-11(15)13(6-8)17-20(18,19)9-3-5-10(14)12(16)7-9/h2-7,17H,16H2,1H3. The zero-order valence-electron chi connectivity index (χ0n) is 10.5. The molecule has 0 aliphatic carbocycles. The Kier molecular flexibility index (Phi) is 4.13. The van der Waals surface area contributed by atoms with Crippen LogP contribution in [0.15, 0.2) is 41.3 Å². The molecule has 0 bridgehead atoms. The highest BCUT2D eigenvalue weighted by Crippen LogP contribution is 2.27. The second-order valence-electron chi connectivity index (χ2n) is 4.27. The Morgan fingerprint density at radius 2 is 1.70 bits per heavy atom. The largest absolute Gasteiger partial charge is 0.397 e. The molecule has 0 heterocycles. The molecule has 106 valence electrons. The summed E-state index contributed by atoms with van der Waals surface area (Å²) in [6.45, 7) is 1.84. The molecule has 0 unspecified atom stereocenters. The van der Waals surface area contributed by atoms with Crippen LogP contribution >= 0.6 is 23.2 Å². The van der Waals surface area contributed by atoms with Gasteiger partial charge in [-0.2, -0.15) is 0 Å². The summed E-state index contributed by atoms with van der Waals surface area (Å²) >= 11 is 11.7. The molecule has 4 nitrogen and oxygen atoms in total. The van der Waals surface area contributed by atoms with Crippen molar-refractivity contribution in [2.24, 2.45) is 0 Å². The van der Waals surface area contributed by atoms with Crippen LogP contribution in [0, 0.1) is 6.92 Å². The maximum Gasteiger partial charge on any atom is 0.262 e. The van der Waals surface area contributed by atoms with E-state index in [0.29, 0.717) is 15.7 Å². The van der Waals surface area contributed by atoms with Gasteiger partial charge in [-0.15, -0.1) is 0 Å². The molecule has 0 saturated heterocycles. The summed E-state index contributed by atoms with van der Waals surface area (Å²) < 4.78 is 27.0. The van der Waals surface area contributed by atoms with E-state index in [9.17, 15) is 8.42 Å². The SMILES string of the molecule is Cc1ccc(Cl)c(NS(=O)(=O)c2ccc(Cl)c(N)c2)c1. The van der Waals surface area contributed by atoms with Crippen molar-refractivity contribution < 1.29 is 8.42 Å². The zero-order chi connectivity index (χ0) is 14.9. The molecule has 0 amide bonds. The van der Waals surface area contributed by atoms with Crippen molar-refractivity contribution in [3.05, 3.63) is 52.0 Å². The Bertz CT molecular complexity index is 761. The lowest BCUT2D eigenvalue weighted by atomic mass is 10.2. The Hall–Kier alpha value is -1.43. The first-order valence-electron chi connectivity index (χ1n) is 5.63. The molecular formula is C13H12Cl2N2O2S. The van der Waals surface area contributed by atoms with Gasteiger partial charge in [0, 0.05) is 0 Å². The third kappa shape index (κ3) is 3.17. The Labute approximate surface area is 127 Å². The van der Waals surface area contributed by atoms with Gasteiger partial charge in [0.25, 0.3) is 10.0 Å². The molecule has 0 aliphatic heterocycles. The van der Waals surface area contributed by atoms with Crippen LogP contribution in [-0.2, 0) is 10.0 Å². The number of aryl methyl sites for hydroxylation is 1. The van der Waals surface area contributed by atoms with Crippen molar-refractivity contribution in [2.75, 3.05) is 10.5 Å². The lowest BCUT2D eigenvalue weighted by Gasteiger charge is -2.11. The predicted molar refractivity (Wildman–Crippen MR) is 82.9 cm³/mol. The first-order chi connectivity index (χ1) is 9.29.